The maximum Gasteiger partial charge on any atom is 0.0971 e. The Morgan fingerprint density at radius 3 is 3.20 bits per heavy atom. The number of nitrogens with two attached hydrogens (primary N) is 1. The van der Waals surface area contributed by atoms with Gasteiger partial charge in [0.2, 0.25) is 0 Å². The fourth-order valence-corrected chi connectivity index (χ4v) is 3.13. The molecule has 1 aliphatic heterocycles. The summed E-state index contributed by atoms with van der Waals surface area (Å²) >= 11 is 1.81. The smallest absolute Gasteiger partial charge is 0.0971 e. The van der Waals surface area contributed by atoms with Crippen molar-refractivity contribution in [3.8, 4) is 0 Å². The van der Waals surface area contributed by atoms with Crippen LogP contribution in [0.25, 0.3) is 0 Å². The highest BCUT2D eigenvalue weighted by Gasteiger charge is 2.22. The van der Waals surface area contributed by atoms with Crippen molar-refractivity contribution in [2.24, 2.45) is 5.73 Å². The SMILES string of the molecule is Cc1csc(C2CCCN(CCN)C2)n1. The second kappa shape index (κ2) is 5.05. The van der Waals surface area contributed by atoms with E-state index in [0.29, 0.717) is 5.92 Å². The average Bonchev–Trinajstić information content (AvgIpc) is 2.66. The lowest BCUT2D eigenvalue weighted by atomic mass is 9.99. The monoisotopic (exact) mass is 225 g/mol. The molecule has 2 rings (SSSR count). The Hall–Kier alpha value is -0.450. The molecule has 1 aliphatic rings. The van der Waals surface area contributed by atoms with Crippen LogP contribution in [0.1, 0.15) is 29.5 Å². The lowest BCUT2D eigenvalue weighted by Crippen LogP contribution is -2.37. The van der Waals surface area contributed by atoms with Crippen molar-refractivity contribution >= 4 is 11.3 Å². The van der Waals surface area contributed by atoms with Gasteiger partial charge in [0.1, 0.15) is 0 Å². The molecule has 15 heavy (non-hydrogen) atoms. The van der Waals surface area contributed by atoms with Gasteiger partial charge in [-0.15, -0.1) is 11.3 Å². The summed E-state index contributed by atoms with van der Waals surface area (Å²) in [7, 11) is 0. The summed E-state index contributed by atoms with van der Waals surface area (Å²) in [6.07, 6.45) is 2.57. The Kier molecular flexibility index (Phi) is 3.72. The predicted octanol–water partition coefficient (Wildman–Crippen LogP) is 1.59. The van der Waals surface area contributed by atoms with Crippen LogP contribution in [0.2, 0.25) is 0 Å². The van der Waals surface area contributed by atoms with E-state index in [9.17, 15) is 0 Å². The molecule has 0 radical (unpaired) electrons. The maximum absolute atomic E-state index is 5.59. The van der Waals surface area contributed by atoms with Gasteiger partial charge < -0.3 is 10.6 Å². The average molecular weight is 225 g/mol. The maximum atomic E-state index is 5.59. The third-order valence-corrected chi connectivity index (χ3v) is 4.06. The van der Waals surface area contributed by atoms with Crippen LogP contribution in [0.15, 0.2) is 5.38 Å². The first-order valence-electron chi connectivity index (χ1n) is 5.64. The van der Waals surface area contributed by atoms with Crippen molar-refractivity contribution in [2.75, 3.05) is 26.2 Å². The van der Waals surface area contributed by atoms with Gasteiger partial charge >= 0.3 is 0 Å². The molecule has 4 heteroatoms. The van der Waals surface area contributed by atoms with Gasteiger partial charge in [-0.05, 0) is 26.3 Å². The number of piperidine rings is 1. The molecular formula is C11H19N3S. The fraction of sp³-hybridized carbons (Fsp3) is 0.727. The van der Waals surface area contributed by atoms with Crippen LogP contribution in [-0.2, 0) is 0 Å². The zero-order chi connectivity index (χ0) is 10.7. The molecule has 1 fully saturated rings. The Morgan fingerprint density at radius 2 is 2.53 bits per heavy atom. The van der Waals surface area contributed by atoms with Crippen LogP contribution in [0.5, 0.6) is 0 Å². The van der Waals surface area contributed by atoms with Gasteiger partial charge in [0.15, 0.2) is 0 Å². The predicted molar refractivity (Wildman–Crippen MR) is 64.3 cm³/mol. The number of nitrogens with zero attached hydrogens (tertiary/aromatic N) is 2. The number of aromatic nitrogens is 1. The Morgan fingerprint density at radius 1 is 1.67 bits per heavy atom. The Bertz CT molecular complexity index is 309. The lowest BCUT2D eigenvalue weighted by Gasteiger charge is -2.31. The molecule has 0 aliphatic carbocycles. The highest BCUT2D eigenvalue weighted by Crippen LogP contribution is 2.28. The highest BCUT2D eigenvalue weighted by molar-refractivity contribution is 7.09. The quantitative estimate of drug-likeness (QED) is 0.849. The summed E-state index contributed by atoms with van der Waals surface area (Å²) in [4.78, 5) is 7.05. The molecular weight excluding hydrogens is 206 g/mol. The Labute approximate surface area is 95.3 Å². The van der Waals surface area contributed by atoms with E-state index >= 15 is 0 Å². The number of rotatable bonds is 3. The standard InChI is InChI=1S/C11H19N3S/c1-9-8-15-11(13-9)10-3-2-5-14(7-10)6-4-12/h8,10H,2-7,12H2,1H3. The molecule has 0 saturated carbocycles. The minimum Gasteiger partial charge on any atom is -0.329 e. The molecule has 0 amide bonds. The van der Waals surface area contributed by atoms with Crippen molar-refractivity contribution in [1.29, 1.82) is 0 Å². The molecule has 0 bridgehead atoms. The van der Waals surface area contributed by atoms with E-state index in [1.165, 1.54) is 24.4 Å². The first kappa shape index (κ1) is 11.0. The van der Waals surface area contributed by atoms with E-state index in [0.717, 1.165) is 25.3 Å². The molecule has 2 N–H and O–H groups in total. The van der Waals surface area contributed by atoms with Crippen molar-refractivity contribution in [3.05, 3.63) is 16.1 Å². The zero-order valence-electron chi connectivity index (χ0n) is 9.28. The van der Waals surface area contributed by atoms with E-state index in [1.54, 1.807) is 0 Å². The molecule has 3 nitrogen and oxygen atoms in total. The van der Waals surface area contributed by atoms with E-state index in [-0.39, 0.29) is 0 Å². The van der Waals surface area contributed by atoms with Gasteiger partial charge in [0.05, 0.1) is 5.01 Å². The van der Waals surface area contributed by atoms with Crippen LogP contribution in [-0.4, -0.2) is 36.1 Å². The van der Waals surface area contributed by atoms with Gasteiger partial charge in [-0.25, -0.2) is 4.98 Å². The molecule has 1 unspecified atom stereocenters. The lowest BCUT2D eigenvalue weighted by molar-refractivity contribution is 0.213. The van der Waals surface area contributed by atoms with Crippen molar-refractivity contribution in [2.45, 2.75) is 25.7 Å². The number of likely N-dealkylation sites (tertiary alicyclic amines) is 1. The van der Waals surface area contributed by atoms with E-state index in [2.05, 4.69) is 22.2 Å². The largest absolute Gasteiger partial charge is 0.329 e. The number of hydrogen-bond donors (Lipinski definition) is 1. The first-order chi connectivity index (χ1) is 7.29. The van der Waals surface area contributed by atoms with Gasteiger partial charge in [-0.3, -0.25) is 0 Å². The minimum atomic E-state index is 0.643. The summed E-state index contributed by atoms with van der Waals surface area (Å²) in [6.45, 7) is 6.22. The summed E-state index contributed by atoms with van der Waals surface area (Å²) in [6, 6.07) is 0. The molecule has 0 aromatic carbocycles. The van der Waals surface area contributed by atoms with Crippen LogP contribution in [0.4, 0.5) is 0 Å². The zero-order valence-corrected chi connectivity index (χ0v) is 10.1. The van der Waals surface area contributed by atoms with Gasteiger partial charge in [-0.1, -0.05) is 0 Å². The second-order valence-electron chi connectivity index (χ2n) is 4.26. The summed E-state index contributed by atoms with van der Waals surface area (Å²) in [5, 5.41) is 3.46. The van der Waals surface area contributed by atoms with Gasteiger partial charge in [-0.2, -0.15) is 0 Å². The van der Waals surface area contributed by atoms with Gasteiger partial charge in [0.25, 0.3) is 0 Å². The molecule has 1 aromatic rings. The van der Waals surface area contributed by atoms with Gasteiger partial charge in [0, 0.05) is 36.6 Å². The van der Waals surface area contributed by atoms with Crippen LogP contribution < -0.4 is 5.73 Å². The summed E-state index contributed by atoms with van der Waals surface area (Å²) < 4.78 is 0. The highest BCUT2D eigenvalue weighted by atomic mass is 32.1. The molecule has 84 valence electrons. The third-order valence-electron chi connectivity index (χ3n) is 2.94. The molecule has 1 aromatic heterocycles. The molecule has 0 spiro atoms. The molecule has 1 saturated heterocycles. The topological polar surface area (TPSA) is 42.1 Å². The van der Waals surface area contributed by atoms with E-state index < -0.39 is 0 Å². The van der Waals surface area contributed by atoms with Crippen LogP contribution >= 0.6 is 11.3 Å². The Balaban J connectivity index is 1.98. The summed E-state index contributed by atoms with van der Waals surface area (Å²) in [5.74, 6) is 0.643. The summed E-state index contributed by atoms with van der Waals surface area (Å²) in [5.41, 5.74) is 6.75. The fourth-order valence-electron chi connectivity index (χ4n) is 2.20. The number of hydrogen-bond acceptors (Lipinski definition) is 4. The number of thiazole rings is 1. The van der Waals surface area contributed by atoms with Crippen LogP contribution in [0, 0.1) is 6.92 Å². The van der Waals surface area contributed by atoms with E-state index in [1.807, 2.05) is 11.3 Å². The van der Waals surface area contributed by atoms with Crippen LogP contribution in [0.3, 0.4) is 0 Å². The van der Waals surface area contributed by atoms with E-state index in [4.69, 9.17) is 5.73 Å². The van der Waals surface area contributed by atoms with Crippen molar-refractivity contribution < 1.29 is 0 Å². The number of aryl methyl sites for hydroxylation is 1. The van der Waals surface area contributed by atoms with Crippen molar-refractivity contribution in [1.82, 2.24) is 9.88 Å². The normalized spacial score (nSPS) is 23.2. The minimum absolute atomic E-state index is 0.643. The third kappa shape index (κ3) is 2.77. The second-order valence-corrected chi connectivity index (χ2v) is 5.15. The van der Waals surface area contributed by atoms with Crippen molar-refractivity contribution in [3.63, 3.8) is 0 Å². The first-order valence-corrected chi connectivity index (χ1v) is 6.52. The molecule has 1 atom stereocenters. The molecule has 2 heterocycles.